The van der Waals surface area contributed by atoms with Crippen LogP contribution in [0.25, 0.3) is 5.65 Å². The van der Waals surface area contributed by atoms with Crippen molar-refractivity contribution < 1.29 is 0 Å². The molecule has 0 bridgehead atoms. The van der Waals surface area contributed by atoms with Crippen LogP contribution in [0.2, 0.25) is 0 Å². The summed E-state index contributed by atoms with van der Waals surface area (Å²) in [5.41, 5.74) is 1.90. The average molecular weight is 366 g/mol. The van der Waals surface area contributed by atoms with Gasteiger partial charge < -0.3 is 15.0 Å². The Hall–Kier alpha value is -1.56. The molecule has 0 saturated carbocycles. The third kappa shape index (κ3) is 5.02. The molecule has 2 heterocycles. The fourth-order valence-corrected chi connectivity index (χ4v) is 2.53. The fourth-order valence-electron chi connectivity index (χ4n) is 2.18. The van der Waals surface area contributed by atoms with Crippen molar-refractivity contribution in [3.8, 4) is 0 Å². The fraction of sp³-hybridized carbons (Fsp3) is 0.500. The van der Waals surface area contributed by atoms with Gasteiger partial charge in [0, 0.05) is 30.0 Å². The molecule has 0 unspecified atom stereocenters. The summed E-state index contributed by atoms with van der Waals surface area (Å²) in [4.78, 5) is 9.18. The lowest BCUT2D eigenvalue weighted by Crippen LogP contribution is -2.37. The van der Waals surface area contributed by atoms with Crippen LogP contribution in [-0.4, -0.2) is 28.4 Å². The first-order chi connectivity index (χ1) is 10.7. The first-order valence-corrected chi connectivity index (χ1v) is 8.67. The van der Waals surface area contributed by atoms with Crippen LogP contribution >= 0.6 is 15.9 Å². The minimum atomic E-state index is 0.572. The molecular formula is C16H24BrN5. The van der Waals surface area contributed by atoms with Gasteiger partial charge >= 0.3 is 0 Å². The molecule has 0 aromatic carbocycles. The van der Waals surface area contributed by atoms with Crippen LogP contribution in [0.3, 0.4) is 0 Å². The van der Waals surface area contributed by atoms with E-state index in [1.54, 1.807) is 0 Å². The molecule has 0 saturated heterocycles. The van der Waals surface area contributed by atoms with E-state index in [4.69, 9.17) is 0 Å². The predicted octanol–water partition coefficient (Wildman–Crippen LogP) is 3.34. The van der Waals surface area contributed by atoms with Crippen molar-refractivity contribution in [1.29, 1.82) is 0 Å². The molecule has 0 spiro atoms. The minimum absolute atomic E-state index is 0.572. The van der Waals surface area contributed by atoms with Gasteiger partial charge in [0.25, 0.3) is 0 Å². The number of fused-ring (bicyclic) bond motifs is 1. The topological polar surface area (TPSA) is 53.7 Å². The number of unbranched alkanes of at least 4 members (excludes halogenated alkanes) is 2. The molecule has 0 aliphatic carbocycles. The van der Waals surface area contributed by atoms with Gasteiger partial charge in [0.2, 0.25) is 0 Å². The third-order valence-electron chi connectivity index (χ3n) is 3.28. The normalized spacial score (nSPS) is 11.9. The van der Waals surface area contributed by atoms with E-state index in [-0.39, 0.29) is 0 Å². The van der Waals surface area contributed by atoms with Crippen LogP contribution in [-0.2, 0) is 6.54 Å². The SMILES string of the molecule is CCCCCNC(=NCc1cn2cc(Br)ccc2n1)NCC. The molecule has 2 rings (SSSR count). The Morgan fingerprint density at radius 2 is 2.09 bits per heavy atom. The van der Waals surface area contributed by atoms with Gasteiger partial charge in [0.15, 0.2) is 5.96 Å². The predicted molar refractivity (Wildman–Crippen MR) is 95.2 cm³/mol. The maximum atomic E-state index is 4.61. The van der Waals surface area contributed by atoms with E-state index in [1.165, 1.54) is 19.3 Å². The summed E-state index contributed by atoms with van der Waals surface area (Å²) < 4.78 is 3.05. The molecule has 22 heavy (non-hydrogen) atoms. The second kappa shape index (κ2) is 8.78. The minimum Gasteiger partial charge on any atom is -0.357 e. The van der Waals surface area contributed by atoms with E-state index in [1.807, 2.05) is 28.9 Å². The molecule has 2 aromatic rings. The van der Waals surface area contributed by atoms with E-state index < -0.39 is 0 Å². The van der Waals surface area contributed by atoms with Crippen molar-refractivity contribution >= 4 is 27.5 Å². The number of aliphatic imine (C=N–C) groups is 1. The lowest BCUT2D eigenvalue weighted by Gasteiger charge is -2.10. The van der Waals surface area contributed by atoms with E-state index >= 15 is 0 Å². The maximum absolute atomic E-state index is 4.61. The molecule has 0 amide bonds. The molecule has 6 heteroatoms. The smallest absolute Gasteiger partial charge is 0.191 e. The van der Waals surface area contributed by atoms with Crippen LogP contribution < -0.4 is 10.6 Å². The van der Waals surface area contributed by atoms with Crippen LogP contribution in [0.5, 0.6) is 0 Å². The molecule has 0 radical (unpaired) electrons. The first kappa shape index (κ1) is 16.8. The van der Waals surface area contributed by atoms with Gasteiger partial charge in [-0.3, -0.25) is 0 Å². The Bertz CT molecular complexity index is 620. The Morgan fingerprint density at radius 1 is 1.23 bits per heavy atom. The number of pyridine rings is 1. The molecule has 0 aliphatic heterocycles. The molecule has 2 N–H and O–H groups in total. The monoisotopic (exact) mass is 365 g/mol. The van der Waals surface area contributed by atoms with E-state index in [0.717, 1.165) is 34.9 Å². The number of aromatic nitrogens is 2. The maximum Gasteiger partial charge on any atom is 0.191 e. The highest BCUT2D eigenvalue weighted by molar-refractivity contribution is 9.10. The van der Waals surface area contributed by atoms with Crippen LogP contribution in [0.1, 0.15) is 38.8 Å². The third-order valence-corrected chi connectivity index (χ3v) is 3.75. The summed E-state index contributed by atoms with van der Waals surface area (Å²) in [6.07, 6.45) is 7.66. The van der Waals surface area contributed by atoms with Crippen LogP contribution in [0, 0.1) is 0 Å². The molecule has 120 valence electrons. The number of nitrogens with one attached hydrogen (secondary N) is 2. The second-order valence-electron chi connectivity index (χ2n) is 5.17. The number of rotatable bonds is 7. The molecular weight excluding hydrogens is 342 g/mol. The van der Waals surface area contributed by atoms with Crippen molar-refractivity contribution in [3.05, 3.63) is 34.7 Å². The van der Waals surface area contributed by atoms with Crippen molar-refractivity contribution in [2.75, 3.05) is 13.1 Å². The molecule has 5 nitrogen and oxygen atoms in total. The van der Waals surface area contributed by atoms with Gasteiger partial charge in [-0.1, -0.05) is 19.8 Å². The Morgan fingerprint density at radius 3 is 2.86 bits per heavy atom. The molecule has 2 aromatic heterocycles. The molecule has 0 atom stereocenters. The van der Waals surface area contributed by atoms with Gasteiger partial charge in [-0.25, -0.2) is 9.98 Å². The summed E-state index contributed by atoms with van der Waals surface area (Å²) in [6.45, 7) is 6.67. The lowest BCUT2D eigenvalue weighted by molar-refractivity contribution is 0.683. The number of guanidine groups is 1. The zero-order valence-electron chi connectivity index (χ0n) is 13.3. The van der Waals surface area contributed by atoms with E-state index in [2.05, 4.69) is 50.4 Å². The zero-order chi connectivity index (χ0) is 15.8. The van der Waals surface area contributed by atoms with Gasteiger partial charge in [0.05, 0.1) is 12.2 Å². The highest BCUT2D eigenvalue weighted by Gasteiger charge is 2.02. The lowest BCUT2D eigenvalue weighted by atomic mass is 10.2. The second-order valence-corrected chi connectivity index (χ2v) is 6.09. The van der Waals surface area contributed by atoms with Crippen molar-refractivity contribution in [3.63, 3.8) is 0 Å². The van der Waals surface area contributed by atoms with Gasteiger partial charge in [-0.05, 0) is 41.4 Å². The Balaban J connectivity index is 1.98. The van der Waals surface area contributed by atoms with Gasteiger partial charge in [-0.2, -0.15) is 0 Å². The average Bonchev–Trinajstić information content (AvgIpc) is 2.91. The largest absolute Gasteiger partial charge is 0.357 e. The van der Waals surface area contributed by atoms with Crippen LogP contribution in [0.4, 0.5) is 0 Å². The number of hydrogen-bond donors (Lipinski definition) is 2. The highest BCUT2D eigenvalue weighted by Crippen LogP contribution is 2.12. The van der Waals surface area contributed by atoms with Gasteiger partial charge in [-0.15, -0.1) is 0 Å². The standard InChI is InChI=1S/C16H24BrN5/c1-3-5-6-9-19-16(18-4-2)20-10-14-12-22-11-13(17)7-8-15(22)21-14/h7-8,11-12H,3-6,9-10H2,1-2H3,(H2,18,19,20). The Kier molecular flexibility index (Phi) is 6.71. The van der Waals surface area contributed by atoms with E-state index in [9.17, 15) is 0 Å². The zero-order valence-corrected chi connectivity index (χ0v) is 14.9. The summed E-state index contributed by atoms with van der Waals surface area (Å²) in [7, 11) is 0. The summed E-state index contributed by atoms with van der Waals surface area (Å²) in [5, 5.41) is 6.63. The number of imidazole rings is 1. The Labute approximate surface area is 140 Å². The highest BCUT2D eigenvalue weighted by atomic mass is 79.9. The number of hydrogen-bond acceptors (Lipinski definition) is 2. The summed E-state index contributed by atoms with van der Waals surface area (Å²) >= 11 is 3.47. The van der Waals surface area contributed by atoms with Gasteiger partial charge in [0.1, 0.15) is 5.65 Å². The molecule has 0 fully saturated rings. The van der Waals surface area contributed by atoms with Crippen molar-refractivity contribution in [2.24, 2.45) is 4.99 Å². The number of nitrogens with zero attached hydrogens (tertiary/aromatic N) is 3. The first-order valence-electron chi connectivity index (χ1n) is 7.88. The van der Waals surface area contributed by atoms with Crippen molar-refractivity contribution in [1.82, 2.24) is 20.0 Å². The van der Waals surface area contributed by atoms with Crippen LogP contribution in [0.15, 0.2) is 34.0 Å². The van der Waals surface area contributed by atoms with Crippen molar-refractivity contribution in [2.45, 2.75) is 39.7 Å². The summed E-state index contributed by atoms with van der Waals surface area (Å²) in [5.74, 6) is 0.858. The van der Waals surface area contributed by atoms with E-state index in [0.29, 0.717) is 6.54 Å². The quantitative estimate of drug-likeness (QED) is 0.449. The summed E-state index contributed by atoms with van der Waals surface area (Å²) in [6, 6.07) is 3.99. The molecule has 0 aliphatic rings. The number of halogens is 1.